The van der Waals surface area contributed by atoms with Crippen LogP contribution in [-0.4, -0.2) is 51.3 Å². The molecule has 7 rings (SSSR count). The van der Waals surface area contributed by atoms with Crippen molar-refractivity contribution in [3.05, 3.63) is 84.3 Å². The first-order chi connectivity index (χ1) is 20.8. The number of halogens is 2. The van der Waals surface area contributed by atoms with Crippen LogP contribution in [0, 0.1) is 5.92 Å². The molecule has 0 saturated heterocycles. The van der Waals surface area contributed by atoms with Gasteiger partial charge in [0.15, 0.2) is 5.82 Å². The number of H-pyrrole nitrogens is 1. The predicted molar refractivity (Wildman–Crippen MR) is 160 cm³/mol. The minimum atomic E-state index is -3.00. The van der Waals surface area contributed by atoms with E-state index in [0.717, 1.165) is 16.6 Å². The summed E-state index contributed by atoms with van der Waals surface area (Å²) in [5, 5.41) is 5.57. The van der Waals surface area contributed by atoms with Gasteiger partial charge in [-0.05, 0) is 56.2 Å². The minimum absolute atomic E-state index is 0.00302. The van der Waals surface area contributed by atoms with Gasteiger partial charge in [-0.3, -0.25) is 14.6 Å². The van der Waals surface area contributed by atoms with Crippen molar-refractivity contribution in [2.45, 2.75) is 50.6 Å². The lowest BCUT2D eigenvalue weighted by Crippen LogP contribution is -2.52. The van der Waals surface area contributed by atoms with Crippen molar-refractivity contribution < 1.29 is 18.4 Å². The average molecular weight is 584 g/mol. The number of anilines is 2. The van der Waals surface area contributed by atoms with E-state index in [9.17, 15) is 18.4 Å². The summed E-state index contributed by atoms with van der Waals surface area (Å²) in [4.78, 5) is 41.4. The number of alkyl halides is 2. The van der Waals surface area contributed by atoms with E-state index in [0.29, 0.717) is 41.3 Å². The molecule has 220 valence electrons. The molecule has 11 heteroatoms. The van der Waals surface area contributed by atoms with Gasteiger partial charge in [-0.25, -0.2) is 24.2 Å². The highest BCUT2D eigenvalue weighted by atomic mass is 19.3. The molecule has 1 saturated carbocycles. The van der Waals surface area contributed by atoms with Crippen molar-refractivity contribution in [2.24, 2.45) is 5.92 Å². The number of aromatic nitrogens is 3. The summed E-state index contributed by atoms with van der Waals surface area (Å²) in [7, 11) is 0. The number of hydrogen-bond acceptors (Lipinski definition) is 6. The van der Waals surface area contributed by atoms with E-state index in [1.165, 1.54) is 0 Å². The number of rotatable bonds is 5. The Morgan fingerprint density at radius 2 is 1.93 bits per heavy atom. The van der Waals surface area contributed by atoms with E-state index in [-0.39, 0.29) is 12.5 Å². The fourth-order valence-electron chi connectivity index (χ4n) is 6.40. The number of carbonyl (C=O) groups is 2. The van der Waals surface area contributed by atoms with Crippen LogP contribution in [0.4, 0.5) is 20.2 Å². The maximum Gasteiger partial charge on any atom is 0.251 e. The third-order valence-electron chi connectivity index (χ3n) is 8.54. The maximum atomic E-state index is 14.8. The van der Waals surface area contributed by atoms with Crippen LogP contribution in [-0.2, 0) is 11.2 Å². The zero-order valence-corrected chi connectivity index (χ0v) is 23.6. The van der Waals surface area contributed by atoms with Crippen LogP contribution in [0.15, 0.2) is 73.2 Å². The number of carbonyl (C=O) groups excluding carboxylic acids is 2. The Bertz CT molecular complexity index is 1720. The van der Waals surface area contributed by atoms with Gasteiger partial charge in [0, 0.05) is 66.6 Å². The smallest absolute Gasteiger partial charge is 0.251 e. The molecule has 2 aliphatic heterocycles. The summed E-state index contributed by atoms with van der Waals surface area (Å²) >= 11 is 0. The highest BCUT2D eigenvalue weighted by molar-refractivity contribution is 6.08. The van der Waals surface area contributed by atoms with Crippen LogP contribution in [0.3, 0.4) is 0 Å². The zero-order chi connectivity index (χ0) is 29.7. The van der Waals surface area contributed by atoms with Gasteiger partial charge in [0.05, 0.1) is 22.8 Å². The number of pyridine rings is 1. The molecule has 2 amide bonds. The number of benzene rings is 2. The SMILES string of the molecule is CC1C=CN(c2ccc(C(=O)N[C@@H]3CCC(F)(F)C[C@@H]3C(=O)N3CCc4c(-c5ncc[nH]5)nc5ccccc5c43)cc2)N1. The highest BCUT2D eigenvalue weighted by Crippen LogP contribution is 2.43. The average Bonchev–Trinajstić information content (AvgIpc) is 3.79. The van der Waals surface area contributed by atoms with Gasteiger partial charge in [0.25, 0.3) is 5.91 Å². The molecule has 1 aliphatic carbocycles. The second-order valence-corrected chi connectivity index (χ2v) is 11.4. The highest BCUT2D eigenvalue weighted by Gasteiger charge is 2.47. The number of hydrazine groups is 1. The van der Waals surface area contributed by atoms with Gasteiger partial charge in [0.2, 0.25) is 11.8 Å². The molecule has 0 bridgehead atoms. The number of imidazole rings is 1. The first kappa shape index (κ1) is 27.2. The number of fused-ring (bicyclic) bond motifs is 3. The van der Waals surface area contributed by atoms with Crippen molar-refractivity contribution >= 4 is 34.1 Å². The molecule has 4 aromatic rings. The lowest BCUT2D eigenvalue weighted by molar-refractivity contribution is -0.131. The molecular formula is C32H31F2N7O2. The van der Waals surface area contributed by atoms with E-state index in [1.54, 1.807) is 29.4 Å². The van der Waals surface area contributed by atoms with Gasteiger partial charge in [-0.1, -0.05) is 18.2 Å². The fraction of sp³-hybridized carbons (Fsp3) is 0.312. The van der Waals surface area contributed by atoms with E-state index in [1.807, 2.05) is 60.6 Å². The molecule has 3 aliphatic rings. The molecular weight excluding hydrogens is 552 g/mol. The second-order valence-electron chi connectivity index (χ2n) is 11.4. The molecule has 1 unspecified atom stereocenters. The lowest BCUT2D eigenvalue weighted by Gasteiger charge is -2.37. The van der Waals surface area contributed by atoms with Crippen molar-refractivity contribution in [1.82, 2.24) is 25.7 Å². The predicted octanol–water partition coefficient (Wildman–Crippen LogP) is 4.97. The number of para-hydroxylation sites is 1. The number of nitrogens with zero attached hydrogens (tertiary/aromatic N) is 4. The summed E-state index contributed by atoms with van der Waals surface area (Å²) in [5.74, 6) is -4.31. The van der Waals surface area contributed by atoms with Crippen molar-refractivity contribution in [2.75, 3.05) is 16.5 Å². The Kier molecular flexibility index (Phi) is 6.69. The normalized spacial score (nSPS) is 22.6. The zero-order valence-electron chi connectivity index (χ0n) is 23.6. The molecule has 2 aromatic carbocycles. The molecule has 0 spiro atoms. The summed E-state index contributed by atoms with van der Waals surface area (Å²) in [6.45, 7) is 2.36. The largest absolute Gasteiger partial charge is 0.348 e. The second kappa shape index (κ2) is 10.6. The summed E-state index contributed by atoms with van der Waals surface area (Å²) in [6.07, 6.45) is 6.80. The van der Waals surface area contributed by atoms with Crippen LogP contribution in [0.1, 0.15) is 42.1 Å². The van der Waals surface area contributed by atoms with E-state index in [2.05, 4.69) is 20.7 Å². The van der Waals surface area contributed by atoms with Crippen LogP contribution in [0.5, 0.6) is 0 Å². The topological polar surface area (TPSA) is 106 Å². The minimum Gasteiger partial charge on any atom is -0.348 e. The van der Waals surface area contributed by atoms with Gasteiger partial charge in [-0.15, -0.1) is 0 Å². The van der Waals surface area contributed by atoms with E-state index in [4.69, 9.17) is 4.98 Å². The van der Waals surface area contributed by atoms with Crippen LogP contribution < -0.4 is 20.7 Å². The number of nitrogens with one attached hydrogen (secondary N) is 3. The van der Waals surface area contributed by atoms with Crippen LogP contribution in [0.25, 0.3) is 22.4 Å². The maximum absolute atomic E-state index is 14.8. The Balaban J connectivity index is 1.17. The van der Waals surface area contributed by atoms with Crippen LogP contribution >= 0.6 is 0 Å². The van der Waals surface area contributed by atoms with Gasteiger partial charge >= 0.3 is 0 Å². The fourth-order valence-corrected chi connectivity index (χ4v) is 6.40. The number of amides is 2. The Morgan fingerprint density at radius 1 is 1.12 bits per heavy atom. The van der Waals surface area contributed by atoms with Crippen molar-refractivity contribution in [1.29, 1.82) is 0 Å². The van der Waals surface area contributed by atoms with Crippen molar-refractivity contribution in [3.8, 4) is 11.5 Å². The lowest BCUT2D eigenvalue weighted by atomic mass is 9.81. The third kappa shape index (κ3) is 5.03. The first-order valence-electron chi connectivity index (χ1n) is 14.5. The molecule has 3 N–H and O–H groups in total. The Morgan fingerprint density at radius 3 is 2.67 bits per heavy atom. The van der Waals surface area contributed by atoms with Crippen LogP contribution in [0.2, 0.25) is 0 Å². The molecule has 9 nitrogen and oxygen atoms in total. The number of aromatic amines is 1. The standard InChI is InChI=1S/C32H31F2N7O2/c1-19-11-17-41(39-19)21-8-6-20(7-9-21)30(42)38-26-10-13-32(33,34)18-24(26)31(43)40-16-12-23-27(29-35-14-15-36-29)37-25-5-3-2-4-22(25)28(23)40/h2-9,11,14-15,17,19,24,26,39H,10,12-13,16,18H2,1H3,(H,35,36)(H,38,42)/t19?,24-,26+/m0/s1. The summed E-state index contributed by atoms with van der Waals surface area (Å²) in [5.41, 5.74) is 7.38. The van der Waals surface area contributed by atoms with Gasteiger partial charge in [-0.2, -0.15) is 0 Å². The molecule has 4 heterocycles. The Hall–Kier alpha value is -4.64. The molecule has 0 radical (unpaired) electrons. The summed E-state index contributed by atoms with van der Waals surface area (Å²) < 4.78 is 29.7. The Labute approximate surface area is 247 Å². The summed E-state index contributed by atoms with van der Waals surface area (Å²) in [6, 6.07) is 14.0. The quantitative estimate of drug-likeness (QED) is 0.306. The van der Waals surface area contributed by atoms with E-state index < -0.39 is 42.5 Å². The molecule has 1 fully saturated rings. The molecule has 43 heavy (non-hydrogen) atoms. The molecule has 2 aromatic heterocycles. The third-order valence-corrected chi connectivity index (χ3v) is 8.54. The first-order valence-corrected chi connectivity index (χ1v) is 14.5. The molecule has 3 atom stereocenters. The van der Waals surface area contributed by atoms with Gasteiger partial charge in [0.1, 0.15) is 5.69 Å². The monoisotopic (exact) mass is 583 g/mol. The van der Waals surface area contributed by atoms with E-state index >= 15 is 0 Å². The number of hydrogen-bond donors (Lipinski definition) is 3. The van der Waals surface area contributed by atoms with Crippen molar-refractivity contribution in [3.63, 3.8) is 0 Å². The van der Waals surface area contributed by atoms with Gasteiger partial charge < -0.3 is 15.2 Å².